The fourth-order valence-electron chi connectivity index (χ4n) is 1.38. The van der Waals surface area contributed by atoms with Crippen molar-refractivity contribution in [1.29, 1.82) is 0 Å². The molecule has 2 aromatic rings. The first-order chi connectivity index (χ1) is 8.90. The molecule has 0 saturated carbocycles. The van der Waals surface area contributed by atoms with Crippen LogP contribution < -0.4 is 10.5 Å². The largest absolute Gasteiger partial charge is 0.366 e. The molecule has 7 nitrogen and oxygen atoms in total. The van der Waals surface area contributed by atoms with Crippen molar-refractivity contribution in [2.45, 2.75) is 4.90 Å². The number of anilines is 1. The summed E-state index contributed by atoms with van der Waals surface area (Å²) in [4.78, 5) is 11.1. The number of halogens is 1. The number of benzene rings is 1. The lowest BCUT2D eigenvalue weighted by atomic mass is 10.2. The Hall–Kier alpha value is -2.06. The molecule has 0 unspecified atom stereocenters. The Morgan fingerprint density at radius 1 is 1.42 bits per heavy atom. The Morgan fingerprint density at radius 3 is 2.74 bits per heavy atom. The van der Waals surface area contributed by atoms with E-state index in [0.717, 1.165) is 6.20 Å². The van der Waals surface area contributed by atoms with Crippen LogP contribution in [0.1, 0.15) is 10.4 Å². The topological polar surface area (TPSA) is 118 Å². The second kappa shape index (κ2) is 4.90. The molecule has 9 heteroatoms. The van der Waals surface area contributed by atoms with E-state index in [1.807, 2.05) is 0 Å². The van der Waals surface area contributed by atoms with Gasteiger partial charge in [0.05, 0.1) is 16.8 Å². The molecule has 0 saturated heterocycles. The van der Waals surface area contributed by atoms with Gasteiger partial charge in [0, 0.05) is 11.9 Å². The summed E-state index contributed by atoms with van der Waals surface area (Å²) in [5.41, 5.74) is 5.34. The monoisotopic (exact) mass is 300 g/mol. The zero-order chi connectivity index (χ0) is 14.0. The molecule has 2 rings (SSSR count). The van der Waals surface area contributed by atoms with Gasteiger partial charge in [-0.1, -0.05) is 11.6 Å². The standard InChI is InChI=1S/C10H9ClN4O3S/c11-9-2-1-6(3-8(9)10(12)16)15-19(17,18)7-4-13-14-5-7/h1-5,15H,(H2,12,16)(H,13,14). The minimum Gasteiger partial charge on any atom is -0.366 e. The Morgan fingerprint density at radius 2 is 2.16 bits per heavy atom. The molecule has 0 radical (unpaired) electrons. The van der Waals surface area contributed by atoms with Gasteiger partial charge in [0.1, 0.15) is 4.90 Å². The van der Waals surface area contributed by atoms with Gasteiger partial charge in [-0.3, -0.25) is 14.6 Å². The molecule has 100 valence electrons. The van der Waals surface area contributed by atoms with Crippen molar-refractivity contribution in [3.63, 3.8) is 0 Å². The number of nitrogens with one attached hydrogen (secondary N) is 2. The van der Waals surface area contributed by atoms with Crippen molar-refractivity contribution >= 4 is 33.2 Å². The zero-order valence-electron chi connectivity index (χ0n) is 9.42. The van der Waals surface area contributed by atoms with Crippen LogP contribution in [0.4, 0.5) is 5.69 Å². The van der Waals surface area contributed by atoms with Crippen molar-refractivity contribution in [1.82, 2.24) is 10.2 Å². The van der Waals surface area contributed by atoms with Gasteiger partial charge < -0.3 is 5.73 Å². The Labute approximate surface area is 113 Å². The van der Waals surface area contributed by atoms with Crippen LogP contribution in [0, 0.1) is 0 Å². The number of nitrogens with two attached hydrogens (primary N) is 1. The molecule has 0 aliphatic rings. The van der Waals surface area contributed by atoms with Crippen LogP contribution in [0.2, 0.25) is 5.02 Å². The van der Waals surface area contributed by atoms with Crippen LogP contribution in [0.3, 0.4) is 0 Å². The third-order valence-electron chi connectivity index (χ3n) is 2.27. The molecule has 0 bridgehead atoms. The maximum absolute atomic E-state index is 11.9. The lowest BCUT2D eigenvalue weighted by Gasteiger charge is -2.08. The number of aromatic nitrogens is 2. The normalized spacial score (nSPS) is 11.2. The summed E-state index contributed by atoms with van der Waals surface area (Å²) < 4.78 is 26.1. The lowest BCUT2D eigenvalue weighted by molar-refractivity contribution is 0.100. The minimum absolute atomic E-state index is 0.0249. The van der Waals surface area contributed by atoms with Crippen molar-refractivity contribution < 1.29 is 13.2 Å². The molecular weight excluding hydrogens is 292 g/mol. The lowest BCUT2D eigenvalue weighted by Crippen LogP contribution is -2.15. The molecule has 1 amide bonds. The summed E-state index contributed by atoms with van der Waals surface area (Å²) in [5, 5.41) is 6.10. The first kappa shape index (κ1) is 13.4. The number of primary amides is 1. The van der Waals surface area contributed by atoms with E-state index in [4.69, 9.17) is 17.3 Å². The van der Waals surface area contributed by atoms with Gasteiger partial charge >= 0.3 is 0 Å². The quantitative estimate of drug-likeness (QED) is 0.779. The van der Waals surface area contributed by atoms with Crippen molar-refractivity contribution in [2.24, 2.45) is 5.73 Å². The summed E-state index contributed by atoms with van der Waals surface area (Å²) in [6.45, 7) is 0. The van der Waals surface area contributed by atoms with Crippen LogP contribution in [-0.4, -0.2) is 24.5 Å². The molecule has 0 aliphatic carbocycles. The van der Waals surface area contributed by atoms with Gasteiger partial charge in [0.2, 0.25) is 5.91 Å². The Balaban J connectivity index is 2.35. The number of carbonyl (C=O) groups excluding carboxylic acids is 1. The SMILES string of the molecule is NC(=O)c1cc(NS(=O)(=O)c2cn[nH]c2)ccc1Cl. The number of amides is 1. The number of hydrogen-bond acceptors (Lipinski definition) is 4. The Bertz CT molecular complexity index is 712. The van der Waals surface area contributed by atoms with E-state index in [0.29, 0.717) is 0 Å². The van der Waals surface area contributed by atoms with E-state index >= 15 is 0 Å². The summed E-state index contributed by atoms with van der Waals surface area (Å²) in [6, 6.07) is 4.07. The van der Waals surface area contributed by atoms with Crippen LogP contribution in [0.5, 0.6) is 0 Å². The minimum atomic E-state index is -3.76. The number of hydrogen-bond donors (Lipinski definition) is 3. The van der Waals surface area contributed by atoms with E-state index in [9.17, 15) is 13.2 Å². The number of H-pyrrole nitrogens is 1. The highest BCUT2D eigenvalue weighted by Crippen LogP contribution is 2.22. The third kappa shape index (κ3) is 2.85. The molecule has 0 atom stereocenters. The smallest absolute Gasteiger partial charge is 0.265 e. The number of nitrogens with zero attached hydrogens (tertiary/aromatic N) is 1. The van der Waals surface area contributed by atoms with E-state index in [-0.39, 0.29) is 21.2 Å². The predicted octanol–water partition coefficient (Wildman–Crippen LogP) is 0.963. The molecule has 1 heterocycles. The first-order valence-electron chi connectivity index (χ1n) is 5.01. The molecule has 1 aromatic carbocycles. The van der Waals surface area contributed by atoms with E-state index in [2.05, 4.69) is 14.9 Å². The molecule has 0 spiro atoms. The Kier molecular flexibility index (Phi) is 3.45. The van der Waals surface area contributed by atoms with Crippen LogP contribution >= 0.6 is 11.6 Å². The molecule has 0 aliphatic heterocycles. The molecule has 19 heavy (non-hydrogen) atoms. The maximum atomic E-state index is 11.9. The number of rotatable bonds is 4. The van der Waals surface area contributed by atoms with Crippen molar-refractivity contribution in [2.75, 3.05) is 4.72 Å². The maximum Gasteiger partial charge on any atom is 0.265 e. The summed E-state index contributed by atoms with van der Waals surface area (Å²) in [6.07, 6.45) is 2.39. The van der Waals surface area contributed by atoms with Gasteiger partial charge in [-0.2, -0.15) is 5.10 Å². The highest BCUT2D eigenvalue weighted by molar-refractivity contribution is 7.92. The number of carbonyl (C=O) groups is 1. The van der Waals surface area contributed by atoms with Crippen LogP contribution in [0.25, 0.3) is 0 Å². The highest BCUT2D eigenvalue weighted by atomic mass is 35.5. The highest BCUT2D eigenvalue weighted by Gasteiger charge is 2.16. The summed E-state index contributed by atoms with van der Waals surface area (Å²) in [5.74, 6) is -0.741. The predicted molar refractivity (Wildman–Crippen MR) is 69.4 cm³/mol. The number of sulfonamides is 1. The molecule has 0 fully saturated rings. The van der Waals surface area contributed by atoms with Crippen molar-refractivity contribution in [3.05, 3.63) is 41.2 Å². The fourth-order valence-corrected chi connectivity index (χ4v) is 2.54. The third-order valence-corrected chi connectivity index (χ3v) is 3.95. The molecule has 4 N–H and O–H groups in total. The van der Waals surface area contributed by atoms with Gasteiger partial charge in [0.25, 0.3) is 10.0 Å². The molecular formula is C10H9ClN4O3S. The molecule has 1 aromatic heterocycles. The van der Waals surface area contributed by atoms with Crippen LogP contribution in [0.15, 0.2) is 35.5 Å². The fraction of sp³-hybridized carbons (Fsp3) is 0. The summed E-state index contributed by atoms with van der Waals surface area (Å²) in [7, 11) is -3.76. The second-order valence-corrected chi connectivity index (χ2v) is 5.69. The van der Waals surface area contributed by atoms with Crippen LogP contribution in [-0.2, 0) is 10.0 Å². The van der Waals surface area contributed by atoms with Gasteiger partial charge in [-0.25, -0.2) is 8.42 Å². The average Bonchev–Trinajstić information content (AvgIpc) is 2.85. The van der Waals surface area contributed by atoms with Crippen molar-refractivity contribution in [3.8, 4) is 0 Å². The van der Waals surface area contributed by atoms with Gasteiger partial charge in [-0.15, -0.1) is 0 Å². The van der Waals surface area contributed by atoms with E-state index in [1.165, 1.54) is 24.4 Å². The first-order valence-corrected chi connectivity index (χ1v) is 6.87. The van der Waals surface area contributed by atoms with Gasteiger partial charge in [0.15, 0.2) is 0 Å². The average molecular weight is 301 g/mol. The van der Waals surface area contributed by atoms with E-state index < -0.39 is 15.9 Å². The van der Waals surface area contributed by atoms with E-state index in [1.54, 1.807) is 0 Å². The van der Waals surface area contributed by atoms with Gasteiger partial charge in [-0.05, 0) is 18.2 Å². The summed E-state index contributed by atoms with van der Waals surface area (Å²) >= 11 is 5.77. The number of aromatic amines is 1. The second-order valence-electron chi connectivity index (χ2n) is 3.60. The zero-order valence-corrected chi connectivity index (χ0v) is 11.0.